The number of thiophene rings is 1. The summed E-state index contributed by atoms with van der Waals surface area (Å²) in [6, 6.07) is 14.6. The first kappa shape index (κ1) is 21.7. The smallest absolute Gasteiger partial charge is 0.324 e. The Morgan fingerprint density at radius 2 is 1.91 bits per heavy atom. The second-order valence-electron chi connectivity index (χ2n) is 9.22. The lowest BCUT2D eigenvalue weighted by molar-refractivity contribution is -0.157. The Kier molecular flexibility index (Phi) is 5.22. The van der Waals surface area contributed by atoms with Crippen molar-refractivity contribution in [1.29, 1.82) is 0 Å². The van der Waals surface area contributed by atoms with Gasteiger partial charge in [0.25, 0.3) is 0 Å². The van der Waals surface area contributed by atoms with Crippen molar-refractivity contribution in [1.82, 2.24) is 10.3 Å². The van der Waals surface area contributed by atoms with Crippen molar-refractivity contribution < 1.29 is 14.3 Å². The summed E-state index contributed by atoms with van der Waals surface area (Å²) in [5.74, 6) is -0.885. The molecule has 0 unspecified atom stereocenters. The van der Waals surface area contributed by atoms with E-state index in [1.807, 2.05) is 75.5 Å². The number of aromatic nitrogens is 1. The van der Waals surface area contributed by atoms with Crippen LogP contribution in [0.3, 0.4) is 0 Å². The number of benzene rings is 1. The molecule has 6 nitrogen and oxygen atoms in total. The van der Waals surface area contributed by atoms with Crippen LogP contribution in [-0.4, -0.2) is 28.5 Å². The van der Waals surface area contributed by atoms with Gasteiger partial charge in [0, 0.05) is 28.4 Å². The molecule has 0 aliphatic carbocycles. The SMILES string of the molecule is CC(C)(C)OC(=O)[C@H]1N[C@H](c2ccc[nH]2)[C@]2(C(=O)Nc3ccccc32)[C@@H]1c1ccc(I)s1. The van der Waals surface area contributed by atoms with Gasteiger partial charge in [-0.2, -0.15) is 0 Å². The molecule has 0 radical (unpaired) electrons. The van der Waals surface area contributed by atoms with Crippen LogP contribution in [0.2, 0.25) is 0 Å². The molecule has 1 aromatic carbocycles. The van der Waals surface area contributed by atoms with Gasteiger partial charge in [-0.15, -0.1) is 11.3 Å². The minimum absolute atomic E-state index is 0.106. The normalized spacial score (nSPS) is 26.9. The number of aromatic amines is 1. The van der Waals surface area contributed by atoms with Crippen LogP contribution in [0.5, 0.6) is 0 Å². The predicted molar refractivity (Wildman–Crippen MR) is 133 cm³/mol. The number of rotatable bonds is 3. The second kappa shape index (κ2) is 7.71. The third kappa shape index (κ3) is 3.31. The number of nitrogens with one attached hydrogen (secondary N) is 3. The zero-order valence-corrected chi connectivity index (χ0v) is 20.9. The molecule has 2 aliphatic heterocycles. The van der Waals surface area contributed by atoms with Crippen molar-refractivity contribution in [3.05, 3.63) is 73.7 Å². The fourth-order valence-corrected chi connectivity index (χ4v) is 6.95. The van der Waals surface area contributed by atoms with Crippen molar-refractivity contribution in [3.8, 4) is 0 Å². The summed E-state index contributed by atoms with van der Waals surface area (Å²) in [5, 5.41) is 6.61. The highest BCUT2D eigenvalue weighted by molar-refractivity contribution is 14.1. The second-order valence-corrected chi connectivity index (χ2v) is 12.2. The Hall–Kier alpha value is -2.17. The molecule has 1 spiro atoms. The van der Waals surface area contributed by atoms with Crippen LogP contribution in [0, 0.1) is 2.88 Å². The summed E-state index contributed by atoms with van der Waals surface area (Å²) >= 11 is 3.89. The van der Waals surface area contributed by atoms with Gasteiger partial charge in [-0.3, -0.25) is 14.9 Å². The van der Waals surface area contributed by atoms with Crippen LogP contribution in [0.1, 0.15) is 48.9 Å². The molecule has 8 heteroatoms. The third-order valence-corrected chi connectivity index (χ3v) is 8.09. The summed E-state index contributed by atoms with van der Waals surface area (Å²) in [4.78, 5) is 31.7. The van der Waals surface area contributed by atoms with Gasteiger partial charge in [-0.1, -0.05) is 18.2 Å². The van der Waals surface area contributed by atoms with Crippen LogP contribution < -0.4 is 10.6 Å². The van der Waals surface area contributed by atoms with E-state index in [0.29, 0.717) is 0 Å². The highest BCUT2D eigenvalue weighted by Crippen LogP contribution is 2.59. The standard InChI is InChI=1S/C24H24IN3O3S/c1-23(2,3)31-21(29)19-18(16-10-11-17(25)32-16)24(20(28-19)15-9-6-12-26-15)13-7-4-5-8-14(13)27-22(24)30/h4-12,18-20,26,28H,1-3H3,(H,27,30)/t18-,19+,20-,24-/m1/s1. The van der Waals surface area contributed by atoms with Gasteiger partial charge < -0.3 is 15.0 Å². The number of anilines is 1. The maximum Gasteiger partial charge on any atom is 0.324 e. The highest BCUT2D eigenvalue weighted by Gasteiger charge is 2.67. The van der Waals surface area contributed by atoms with E-state index in [2.05, 4.69) is 38.2 Å². The topological polar surface area (TPSA) is 83.2 Å². The number of para-hydroxylation sites is 1. The van der Waals surface area contributed by atoms with Crippen LogP contribution in [0.15, 0.2) is 54.7 Å². The van der Waals surface area contributed by atoms with Crippen molar-refractivity contribution >= 4 is 51.5 Å². The van der Waals surface area contributed by atoms with Gasteiger partial charge in [0.2, 0.25) is 5.91 Å². The number of ether oxygens (including phenoxy) is 1. The van der Waals surface area contributed by atoms with E-state index in [0.717, 1.165) is 24.7 Å². The number of halogens is 1. The molecular formula is C24H24IN3O3S. The molecule has 0 saturated carbocycles. The zero-order chi connectivity index (χ0) is 22.7. The fourth-order valence-electron chi connectivity index (χ4n) is 5.06. The van der Waals surface area contributed by atoms with E-state index < -0.39 is 29.0 Å². The minimum atomic E-state index is -1.00. The Morgan fingerprint density at radius 1 is 1.12 bits per heavy atom. The number of esters is 1. The molecule has 0 bridgehead atoms. The van der Waals surface area contributed by atoms with Gasteiger partial charge in [0.1, 0.15) is 17.1 Å². The summed E-state index contributed by atoms with van der Waals surface area (Å²) in [6.07, 6.45) is 1.84. The Bertz CT molecular complexity index is 1180. The van der Waals surface area contributed by atoms with Crippen LogP contribution >= 0.6 is 33.9 Å². The average molecular weight is 561 g/mol. The molecule has 3 N–H and O–H groups in total. The molecular weight excluding hydrogens is 537 g/mol. The quantitative estimate of drug-likeness (QED) is 0.320. The molecule has 1 fully saturated rings. The van der Waals surface area contributed by atoms with Crippen molar-refractivity contribution in [3.63, 3.8) is 0 Å². The van der Waals surface area contributed by atoms with Gasteiger partial charge in [0.15, 0.2) is 0 Å². The number of hydrogen-bond acceptors (Lipinski definition) is 5. The third-order valence-electron chi connectivity index (χ3n) is 6.12. The largest absolute Gasteiger partial charge is 0.459 e. The lowest BCUT2D eigenvalue weighted by Gasteiger charge is -2.34. The Labute approximate surface area is 204 Å². The van der Waals surface area contributed by atoms with E-state index in [1.165, 1.54) is 0 Å². The summed E-state index contributed by atoms with van der Waals surface area (Å²) in [5.41, 5.74) is 0.908. The van der Waals surface area contributed by atoms with Gasteiger partial charge in [-0.25, -0.2) is 0 Å². The number of hydrogen-bond donors (Lipinski definition) is 3. The first-order valence-electron chi connectivity index (χ1n) is 10.5. The first-order valence-corrected chi connectivity index (χ1v) is 12.4. The highest BCUT2D eigenvalue weighted by atomic mass is 127. The molecule has 4 atom stereocenters. The van der Waals surface area contributed by atoms with Gasteiger partial charge in [0.05, 0.1) is 8.93 Å². The van der Waals surface area contributed by atoms with Crippen molar-refractivity contribution in [2.24, 2.45) is 0 Å². The van der Waals surface area contributed by atoms with E-state index in [-0.39, 0.29) is 11.9 Å². The molecule has 5 rings (SSSR count). The molecule has 1 saturated heterocycles. The van der Waals surface area contributed by atoms with E-state index in [4.69, 9.17) is 4.74 Å². The molecule has 3 aromatic rings. The Morgan fingerprint density at radius 3 is 2.56 bits per heavy atom. The fraction of sp³-hybridized carbons (Fsp3) is 0.333. The molecule has 4 heterocycles. The minimum Gasteiger partial charge on any atom is -0.459 e. The monoisotopic (exact) mass is 561 g/mol. The average Bonchev–Trinajstić information content (AvgIpc) is 3.48. The number of H-pyrrole nitrogens is 1. The molecule has 2 aromatic heterocycles. The summed E-state index contributed by atoms with van der Waals surface area (Å²) in [7, 11) is 0. The van der Waals surface area contributed by atoms with E-state index in [1.54, 1.807) is 11.3 Å². The lowest BCUT2D eigenvalue weighted by atomic mass is 9.66. The predicted octanol–water partition coefficient (Wildman–Crippen LogP) is 4.71. The van der Waals surface area contributed by atoms with Crippen LogP contribution in [0.4, 0.5) is 5.69 Å². The summed E-state index contributed by atoms with van der Waals surface area (Å²) < 4.78 is 6.93. The van der Waals surface area contributed by atoms with Crippen molar-refractivity contribution in [2.45, 2.75) is 49.8 Å². The molecule has 166 valence electrons. The van der Waals surface area contributed by atoms with E-state index in [9.17, 15) is 9.59 Å². The zero-order valence-electron chi connectivity index (χ0n) is 17.9. The lowest BCUT2D eigenvalue weighted by Crippen LogP contribution is -2.44. The molecule has 32 heavy (non-hydrogen) atoms. The van der Waals surface area contributed by atoms with Crippen molar-refractivity contribution in [2.75, 3.05) is 5.32 Å². The Balaban J connectivity index is 1.76. The van der Waals surface area contributed by atoms with E-state index >= 15 is 0 Å². The van der Waals surface area contributed by atoms with Gasteiger partial charge in [-0.05, 0) is 79.3 Å². The number of carbonyl (C=O) groups excluding carboxylic acids is 2. The molecule has 1 amide bonds. The maximum atomic E-state index is 13.9. The number of fused-ring (bicyclic) bond motifs is 2. The number of amides is 1. The molecule has 2 aliphatic rings. The van der Waals surface area contributed by atoms with Gasteiger partial charge >= 0.3 is 5.97 Å². The summed E-state index contributed by atoms with van der Waals surface area (Å²) in [6.45, 7) is 5.58. The number of carbonyl (C=O) groups is 2. The van der Waals surface area contributed by atoms with Crippen LogP contribution in [-0.2, 0) is 19.7 Å². The van der Waals surface area contributed by atoms with Crippen LogP contribution in [0.25, 0.3) is 0 Å². The first-order chi connectivity index (χ1) is 15.2. The maximum absolute atomic E-state index is 13.9.